The minimum absolute atomic E-state index is 0.0369. The molecule has 0 unspecified atom stereocenters. The zero-order chi connectivity index (χ0) is 13.7. The molecule has 1 aromatic carbocycles. The van der Waals surface area contributed by atoms with Crippen LogP contribution in [0.4, 0.5) is 5.69 Å². The van der Waals surface area contributed by atoms with Crippen LogP contribution in [0.25, 0.3) is 0 Å². The van der Waals surface area contributed by atoms with Gasteiger partial charge in [0.15, 0.2) is 0 Å². The monoisotopic (exact) mass is 289 g/mol. The number of nitrogens with two attached hydrogens (primary N) is 1. The quantitative estimate of drug-likeness (QED) is 0.491. The lowest BCUT2D eigenvalue weighted by Gasteiger charge is -2.09. The van der Waals surface area contributed by atoms with Crippen LogP contribution in [0.2, 0.25) is 5.02 Å². The van der Waals surface area contributed by atoms with Gasteiger partial charge in [-0.15, -0.1) is 11.8 Å². The standard InChI is InChI=1S/C11H12ClNO4S/c1-17-9(14)2-3-18-10-7(11(15)16)4-6(13)5-8(10)12/h4-5H,2-3,13H2,1H3,(H,15,16). The maximum atomic E-state index is 11.1. The van der Waals surface area contributed by atoms with E-state index in [2.05, 4.69) is 4.74 Å². The first-order chi connectivity index (χ1) is 8.45. The Balaban J connectivity index is 2.87. The summed E-state index contributed by atoms with van der Waals surface area (Å²) >= 11 is 7.13. The third-order valence-corrected chi connectivity index (χ3v) is 3.62. The number of halogens is 1. The second-order valence-electron chi connectivity index (χ2n) is 3.36. The van der Waals surface area contributed by atoms with Crippen LogP contribution in [0.3, 0.4) is 0 Å². The maximum Gasteiger partial charge on any atom is 0.336 e. The summed E-state index contributed by atoms with van der Waals surface area (Å²) in [6.45, 7) is 0. The number of carbonyl (C=O) groups is 2. The third kappa shape index (κ3) is 3.82. The Labute approximate surface area is 113 Å². The Morgan fingerprint density at radius 2 is 2.17 bits per heavy atom. The number of benzene rings is 1. The molecule has 0 radical (unpaired) electrons. The highest BCUT2D eigenvalue weighted by molar-refractivity contribution is 7.99. The molecular formula is C11H12ClNO4S. The van der Waals surface area contributed by atoms with Crippen molar-refractivity contribution in [3.8, 4) is 0 Å². The molecular weight excluding hydrogens is 278 g/mol. The highest BCUT2D eigenvalue weighted by Crippen LogP contribution is 2.33. The molecule has 0 atom stereocenters. The van der Waals surface area contributed by atoms with Gasteiger partial charge >= 0.3 is 11.9 Å². The van der Waals surface area contributed by atoms with Crippen molar-refractivity contribution in [1.29, 1.82) is 0 Å². The fourth-order valence-corrected chi connectivity index (χ4v) is 2.62. The van der Waals surface area contributed by atoms with E-state index >= 15 is 0 Å². The molecule has 0 fully saturated rings. The van der Waals surface area contributed by atoms with Gasteiger partial charge in [0, 0.05) is 16.3 Å². The molecule has 1 aromatic rings. The van der Waals surface area contributed by atoms with Crippen molar-refractivity contribution >= 4 is 41.0 Å². The minimum atomic E-state index is -1.11. The summed E-state index contributed by atoms with van der Waals surface area (Å²) in [7, 11) is 1.30. The summed E-state index contributed by atoms with van der Waals surface area (Å²) in [4.78, 5) is 22.4. The molecule has 0 aromatic heterocycles. The Hall–Kier alpha value is -1.40. The molecule has 18 heavy (non-hydrogen) atoms. The topological polar surface area (TPSA) is 89.6 Å². The van der Waals surface area contributed by atoms with E-state index in [9.17, 15) is 9.59 Å². The number of esters is 1. The van der Waals surface area contributed by atoms with E-state index in [1.807, 2.05) is 0 Å². The highest BCUT2D eigenvalue weighted by Gasteiger charge is 2.15. The van der Waals surface area contributed by atoms with Crippen molar-refractivity contribution in [2.24, 2.45) is 0 Å². The van der Waals surface area contributed by atoms with Gasteiger partial charge in [0.2, 0.25) is 0 Å². The van der Waals surface area contributed by atoms with Crippen LogP contribution in [0, 0.1) is 0 Å². The zero-order valence-electron chi connectivity index (χ0n) is 9.60. The maximum absolute atomic E-state index is 11.1. The lowest BCUT2D eigenvalue weighted by Crippen LogP contribution is -2.04. The van der Waals surface area contributed by atoms with Crippen molar-refractivity contribution in [1.82, 2.24) is 0 Å². The van der Waals surface area contributed by atoms with Gasteiger partial charge in [0.05, 0.1) is 24.1 Å². The molecule has 3 N–H and O–H groups in total. The fourth-order valence-electron chi connectivity index (χ4n) is 1.26. The van der Waals surface area contributed by atoms with Gasteiger partial charge in [0.1, 0.15) is 0 Å². The fraction of sp³-hybridized carbons (Fsp3) is 0.273. The van der Waals surface area contributed by atoms with Crippen LogP contribution in [0.5, 0.6) is 0 Å². The highest BCUT2D eigenvalue weighted by atomic mass is 35.5. The number of aromatic carboxylic acids is 1. The third-order valence-electron chi connectivity index (χ3n) is 2.08. The Morgan fingerprint density at radius 3 is 2.72 bits per heavy atom. The van der Waals surface area contributed by atoms with E-state index in [-0.39, 0.29) is 28.7 Å². The van der Waals surface area contributed by atoms with Gasteiger partial charge in [-0.25, -0.2) is 4.79 Å². The number of nitrogen functional groups attached to an aromatic ring is 1. The summed E-state index contributed by atoms with van der Waals surface area (Å²) < 4.78 is 4.49. The second kappa shape index (κ2) is 6.51. The molecule has 1 rings (SSSR count). The summed E-state index contributed by atoms with van der Waals surface area (Å²) in [5.41, 5.74) is 5.86. The normalized spacial score (nSPS) is 10.1. The number of carboxylic acid groups (broad SMARTS) is 1. The van der Waals surface area contributed by atoms with Gasteiger partial charge in [-0.3, -0.25) is 4.79 Å². The van der Waals surface area contributed by atoms with Gasteiger partial charge in [-0.05, 0) is 12.1 Å². The zero-order valence-corrected chi connectivity index (χ0v) is 11.2. The van der Waals surface area contributed by atoms with Gasteiger partial charge in [-0.1, -0.05) is 11.6 Å². The van der Waals surface area contributed by atoms with E-state index in [0.29, 0.717) is 10.6 Å². The van der Waals surface area contributed by atoms with Crippen LogP contribution in [0.1, 0.15) is 16.8 Å². The Kier molecular flexibility index (Phi) is 5.30. The summed E-state index contributed by atoms with van der Waals surface area (Å²) in [5.74, 6) is -1.08. The molecule has 0 aliphatic carbocycles. The molecule has 98 valence electrons. The van der Waals surface area contributed by atoms with E-state index in [0.717, 1.165) is 0 Å². The molecule has 7 heteroatoms. The van der Waals surface area contributed by atoms with Crippen LogP contribution < -0.4 is 5.73 Å². The van der Waals surface area contributed by atoms with E-state index in [1.54, 1.807) is 0 Å². The molecule has 0 saturated carbocycles. The molecule has 0 aliphatic heterocycles. The first-order valence-electron chi connectivity index (χ1n) is 4.97. The predicted molar refractivity (Wildman–Crippen MR) is 70.2 cm³/mol. The van der Waals surface area contributed by atoms with Crippen molar-refractivity contribution < 1.29 is 19.4 Å². The van der Waals surface area contributed by atoms with Crippen LogP contribution >= 0.6 is 23.4 Å². The van der Waals surface area contributed by atoms with Gasteiger partial charge in [-0.2, -0.15) is 0 Å². The van der Waals surface area contributed by atoms with Crippen LogP contribution in [0.15, 0.2) is 17.0 Å². The molecule has 0 saturated heterocycles. The molecule has 0 spiro atoms. The SMILES string of the molecule is COC(=O)CCSc1c(Cl)cc(N)cc1C(=O)O. The summed E-state index contributed by atoms with van der Waals surface area (Å²) in [6.07, 6.45) is 0.181. The number of carbonyl (C=O) groups excluding carboxylic acids is 1. The minimum Gasteiger partial charge on any atom is -0.478 e. The van der Waals surface area contributed by atoms with Gasteiger partial charge < -0.3 is 15.6 Å². The van der Waals surface area contributed by atoms with Crippen molar-refractivity contribution in [2.75, 3.05) is 18.6 Å². The van der Waals surface area contributed by atoms with Crippen molar-refractivity contribution in [3.63, 3.8) is 0 Å². The number of methoxy groups -OCH3 is 1. The van der Waals surface area contributed by atoms with Crippen molar-refractivity contribution in [3.05, 3.63) is 22.7 Å². The van der Waals surface area contributed by atoms with Crippen LogP contribution in [-0.4, -0.2) is 29.9 Å². The number of carboxylic acids is 1. The first-order valence-corrected chi connectivity index (χ1v) is 6.34. The van der Waals surface area contributed by atoms with Gasteiger partial charge in [0.25, 0.3) is 0 Å². The Morgan fingerprint density at radius 1 is 1.50 bits per heavy atom. The number of hydrogen-bond acceptors (Lipinski definition) is 5. The average molecular weight is 290 g/mol. The lowest BCUT2D eigenvalue weighted by atomic mass is 10.2. The number of thioether (sulfide) groups is 1. The summed E-state index contributed by atoms with van der Waals surface area (Å²) in [5, 5.41) is 9.32. The smallest absolute Gasteiger partial charge is 0.336 e. The average Bonchev–Trinajstić information content (AvgIpc) is 2.30. The number of ether oxygens (including phenoxy) is 1. The largest absolute Gasteiger partial charge is 0.478 e. The number of rotatable bonds is 5. The summed E-state index contributed by atoms with van der Waals surface area (Å²) in [6, 6.07) is 2.82. The first kappa shape index (κ1) is 14.7. The van der Waals surface area contributed by atoms with E-state index in [1.165, 1.54) is 31.0 Å². The Bertz CT molecular complexity index is 478. The van der Waals surface area contributed by atoms with E-state index in [4.69, 9.17) is 22.4 Å². The number of anilines is 1. The molecule has 0 aliphatic rings. The van der Waals surface area contributed by atoms with Crippen LogP contribution in [-0.2, 0) is 9.53 Å². The second-order valence-corrected chi connectivity index (χ2v) is 4.87. The van der Waals surface area contributed by atoms with E-state index < -0.39 is 5.97 Å². The number of hydrogen-bond donors (Lipinski definition) is 2. The molecule has 0 heterocycles. The van der Waals surface area contributed by atoms with Crippen molar-refractivity contribution in [2.45, 2.75) is 11.3 Å². The molecule has 0 bridgehead atoms. The predicted octanol–water partition coefficient (Wildman–Crippen LogP) is 2.28. The lowest BCUT2D eigenvalue weighted by molar-refractivity contribution is -0.140. The molecule has 5 nitrogen and oxygen atoms in total. The molecule has 0 amide bonds.